The van der Waals surface area contributed by atoms with Gasteiger partial charge in [0.1, 0.15) is 18.1 Å². The Bertz CT molecular complexity index is 564. The molecule has 0 aliphatic rings. The first-order valence-corrected chi connectivity index (χ1v) is 8.10. The Morgan fingerprint density at radius 2 is 1.74 bits per heavy atom. The Morgan fingerprint density at radius 3 is 2.26 bits per heavy atom. The van der Waals surface area contributed by atoms with Gasteiger partial charge < -0.3 is 43.4 Å². The summed E-state index contributed by atoms with van der Waals surface area (Å²) in [5, 5.41) is 24.4. The summed E-state index contributed by atoms with van der Waals surface area (Å²) in [7, 11) is 0. The molecule has 3 atom stereocenters. The second-order valence-electron chi connectivity index (χ2n) is 5.64. The highest BCUT2D eigenvalue weighted by molar-refractivity contribution is 5.92. The van der Waals surface area contributed by atoms with E-state index in [9.17, 15) is 19.2 Å². The molecule has 0 aliphatic heterocycles. The van der Waals surface area contributed by atoms with Gasteiger partial charge in [0.2, 0.25) is 17.7 Å². The van der Waals surface area contributed by atoms with Crippen LogP contribution in [0.3, 0.4) is 0 Å². The molecule has 0 spiro atoms. The van der Waals surface area contributed by atoms with Crippen molar-refractivity contribution in [2.24, 2.45) is 22.2 Å². The summed E-state index contributed by atoms with van der Waals surface area (Å²) in [5.41, 5.74) is 15.8. The zero-order chi connectivity index (χ0) is 21.0. The number of amides is 3. The highest BCUT2D eigenvalue weighted by Crippen LogP contribution is 1.99. The van der Waals surface area contributed by atoms with Crippen molar-refractivity contribution in [3.8, 4) is 0 Å². The minimum Gasteiger partial charge on any atom is -0.480 e. The normalized spacial score (nSPS) is 13.6. The minimum absolute atomic E-state index is 0.119. The van der Waals surface area contributed by atoms with Crippen LogP contribution in [0.2, 0.25) is 0 Å². The molecule has 13 nitrogen and oxygen atoms in total. The Hall–Kier alpha value is -2.93. The van der Waals surface area contributed by atoms with E-state index in [1.165, 1.54) is 6.92 Å². The number of guanidine groups is 1. The van der Waals surface area contributed by atoms with E-state index in [4.69, 9.17) is 27.4 Å². The van der Waals surface area contributed by atoms with Gasteiger partial charge in [0, 0.05) is 6.54 Å². The molecular formula is C14H27N7O6. The van der Waals surface area contributed by atoms with E-state index in [0.29, 0.717) is 6.42 Å². The number of carboxylic acid groups (broad SMARTS) is 1. The van der Waals surface area contributed by atoms with E-state index in [2.05, 4.69) is 20.9 Å². The summed E-state index contributed by atoms with van der Waals surface area (Å²) in [5.74, 6) is -3.49. The zero-order valence-corrected chi connectivity index (χ0v) is 15.0. The number of nitrogens with one attached hydrogen (secondary N) is 3. The van der Waals surface area contributed by atoms with E-state index >= 15 is 0 Å². The first kappa shape index (κ1) is 24.1. The van der Waals surface area contributed by atoms with Crippen LogP contribution < -0.4 is 33.2 Å². The molecular weight excluding hydrogens is 362 g/mol. The number of aliphatic carboxylic acids is 1. The number of carbonyl (C=O) groups is 4. The average Bonchev–Trinajstić information content (AvgIpc) is 2.60. The average molecular weight is 389 g/mol. The number of nitrogens with two attached hydrogens (primary N) is 3. The van der Waals surface area contributed by atoms with Crippen molar-refractivity contribution >= 4 is 29.7 Å². The summed E-state index contributed by atoms with van der Waals surface area (Å²) >= 11 is 0. The molecule has 154 valence electrons. The number of carboxylic acids is 1. The topological polar surface area (TPSA) is 235 Å². The van der Waals surface area contributed by atoms with Crippen LogP contribution in [0.1, 0.15) is 19.8 Å². The van der Waals surface area contributed by atoms with Crippen molar-refractivity contribution in [1.29, 1.82) is 0 Å². The van der Waals surface area contributed by atoms with E-state index in [-0.39, 0.29) is 18.9 Å². The van der Waals surface area contributed by atoms with E-state index in [1.54, 1.807) is 0 Å². The van der Waals surface area contributed by atoms with E-state index < -0.39 is 55.0 Å². The Morgan fingerprint density at radius 1 is 1.11 bits per heavy atom. The maximum Gasteiger partial charge on any atom is 0.325 e. The smallest absolute Gasteiger partial charge is 0.325 e. The Labute approximate surface area is 155 Å². The minimum atomic E-state index is -1.22. The molecule has 0 rings (SSSR count). The van der Waals surface area contributed by atoms with Gasteiger partial charge in [0.05, 0.1) is 13.2 Å². The fourth-order valence-electron chi connectivity index (χ4n) is 1.78. The van der Waals surface area contributed by atoms with Gasteiger partial charge in [-0.05, 0) is 19.8 Å². The number of aliphatic imine (C=N–C) groups is 1. The molecule has 0 saturated carbocycles. The predicted octanol–water partition coefficient (Wildman–Crippen LogP) is -4.45. The third-order valence-corrected chi connectivity index (χ3v) is 3.28. The van der Waals surface area contributed by atoms with E-state index in [0.717, 1.165) is 0 Å². The Kier molecular flexibility index (Phi) is 11.1. The van der Waals surface area contributed by atoms with Gasteiger partial charge in [-0.3, -0.25) is 24.2 Å². The number of carbonyl (C=O) groups excluding carboxylic acids is 3. The third kappa shape index (κ3) is 10.6. The van der Waals surface area contributed by atoms with Gasteiger partial charge >= 0.3 is 5.97 Å². The molecule has 0 aromatic heterocycles. The van der Waals surface area contributed by atoms with Crippen LogP contribution in [0.25, 0.3) is 0 Å². The summed E-state index contributed by atoms with van der Waals surface area (Å²) in [4.78, 5) is 50.1. The number of rotatable bonds is 12. The maximum atomic E-state index is 12.2. The number of hydrogen-bond donors (Lipinski definition) is 8. The van der Waals surface area contributed by atoms with Crippen molar-refractivity contribution in [3.05, 3.63) is 0 Å². The van der Waals surface area contributed by atoms with E-state index in [1.807, 2.05) is 0 Å². The lowest BCUT2D eigenvalue weighted by molar-refractivity contribution is -0.141. The van der Waals surface area contributed by atoms with Crippen LogP contribution in [0.4, 0.5) is 0 Å². The van der Waals surface area contributed by atoms with Gasteiger partial charge in [0.15, 0.2) is 5.96 Å². The van der Waals surface area contributed by atoms with Gasteiger partial charge in [-0.15, -0.1) is 0 Å². The molecule has 0 fully saturated rings. The lowest BCUT2D eigenvalue weighted by Crippen LogP contribution is -2.54. The first-order valence-electron chi connectivity index (χ1n) is 8.10. The molecule has 0 bridgehead atoms. The highest BCUT2D eigenvalue weighted by Gasteiger charge is 2.24. The van der Waals surface area contributed by atoms with Crippen LogP contribution >= 0.6 is 0 Å². The molecule has 0 aromatic rings. The first-order chi connectivity index (χ1) is 12.6. The lowest BCUT2D eigenvalue weighted by Gasteiger charge is -2.20. The van der Waals surface area contributed by atoms with Crippen molar-refractivity contribution in [1.82, 2.24) is 16.0 Å². The second-order valence-corrected chi connectivity index (χ2v) is 5.64. The zero-order valence-electron chi connectivity index (χ0n) is 15.0. The molecule has 0 heterocycles. The van der Waals surface area contributed by atoms with Crippen molar-refractivity contribution in [3.63, 3.8) is 0 Å². The summed E-state index contributed by atoms with van der Waals surface area (Å²) in [6.45, 7) is 0.391. The fourth-order valence-corrected chi connectivity index (χ4v) is 1.78. The summed E-state index contributed by atoms with van der Waals surface area (Å²) in [6, 6.07) is -3.38. The second kappa shape index (κ2) is 12.4. The number of aliphatic hydroxyl groups is 1. The van der Waals surface area contributed by atoms with Crippen molar-refractivity contribution < 1.29 is 29.4 Å². The number of aliphatic hydroxyl groups excluding tert-OH is 1. The summed E-state index contributed by atoms with van der Waals surface area (Å²) in [6.07, 6.45) is 0.479. The van der Waals surface area contributed by atoms with Crippen LogP contribution in [0, 0.1) is 0 Å². The molecule has 27 heavy (non-hydrogen) atoms. The van der Waals surface area contributed by atoms with Gasteiger partial charge in [-0.1, -0.05) is 0 Å². The van der Waals surface area contributed by atoms with Gasteiger partial charge in [-0.2, -0.15) is 0 Å². The highest BCUT2D eigenvalue weighted by atomic mass is 16.4. The maximum absolute atomic E-state index is 12.2. The van der Waals surface area contributed by atoms with Crippen LogP contribution in [-0.2, 0) is 19.2 Å². The van der Waals surface area contributed by atoms with Gasteiger partial charge in [0.25, 0.3) is 0 Å². The van der Waals surface area contributed by atoms with Crippen LogP contribution in [0.5, 0.6) is 0 Å². The summed E-state index contributed by atoms with van der Waals surface area (Å²) < 4.78 is 0. The standard InChI is InChI=1S/C14H27N7O6/c1-7(13(26)27)20-10(23)5-19-12(25)9(3-2-4-18-14(16)17)21-11(24)8(15)6-22/h7-9,22H,2-6,15H2,1H3,(H,19,25)(H,20,23)(H,21,24)(H,26,27)(H4,16,17,18). The van der Waals surface area contributed by atoms with Crippen LogP contribution in [-0.4, -0.2) is 77.7 Å². The molecule has 0 aromatic carbocycles. The molecule has 0 aliphatic carbocycles. The van der Waals surface area contributed by atoms with Crippen molar-refractivity contribution in [2.45, 2.75) is 37.9 Å². The lowest BCUT2D eigenvalue weighted by atomic mass is 10.1. The monoisotopic (exact) mass is 389 g/mol. The third-order valence-electron chi connectivity index (χ3n) is 3.28. The molecule has 11 N–H and O–H groups in total. The number of nitrogens with zero attached hydrogens (tertiary/aromatic N) is 1. The predicted molar refractivity (Wildman–Crippen MR) is 95.2 cm³/mol. The quantitative estimate of drug-likeness (QED) is 0.0911. The largest absolute Gasteiger partial charge is 0.480 e. The van der Waals surface area contributed by atoms with Gasteiger partial charge in [-0.25, -0.2) is 0 Å². The molecule has 0 radical (unpaired) electrons. The number of hydrogen-bond acceptors (Lipinski definition) is 7. The SMILES string of the molecule is CC(NC(=O)CNC(=O)C(CCCN=C(N)N)NC(=O)C(N)CO)C(=O)O. The van der Waals surface area contributed by atoms with Crippen LogP contribution in [0.15, 0.2) is 4.99 Å². The molecule has 3 unspecified atom stereocenters. The fraction of sp³-hybridized carbons (Fsp3) is 0.643. The Balaban J connectivity index is 4.74. The molecule has 13 heteroatoms. The molecule has 3 amide bonds. The molecule has 0 saturated heterocycles. The van der Waals surface area contributed by atoms with Crippen molar-refractivity contribution in [2.75, 3.05) is 19.7 Å².